The number of hydrogen-bond donors (Lipinski definition) is 3. The topological polar surface area (TPSA) is 82.2 Å². The predicted molar refractivity (Wildman–Crippen MR) is 154 cm³/mol. The Bertz CT molecular complexity index is 1350. The first-order chi connectivity index (χ1) is 17.7. The van der Waals surface area contributed by atoms with E-state index >= 15 is 0 Å². The van der Waals surface area contributed by atoms with Crippen molar-refractivity contribution in [1.29, 1.82) is 5.41 Å². The van der Waals surface area contributed by atoms with Crippen LogP contribution < -0.4 is 16.0 Å². The lowest BCUT2D eigenvalue weighted by molar-refractivity contribution is -0.114. The molecule has 0 saturated heterocycles. The van der Waals surface area contributed by atoms with Gasteiger partial charge in [0.2, 0.25) is 0 Å². The summed E-state index contributed by atoms with van der Waals surface area (Å²) in [7, 11) is 0. The number of hydrogen-bond acceptors (Lipinski definition) is 3. The van der Waals surface area contributed by atoms with E-state index in [1.807, 2.05) is 86.6 Å². The standard InChI is InChI=1S/C31H33ClN4O/c1-20-7-4-9-26(17-20)29(21(2)32)36(31(37)22(3)35-27-10-6-11-27)28-12-5-8-24(19-28)18-23-13-15-25(16-14-23)30(33)34/h4-5,7-9,12-17,19,27,35H,3,6,10-11,18H2,1-2H3,(H3,33,34)/b29-21+. The second-order valence-corrected chi connectivity index (χ2v) is 10.2. The van der Waals surface area contributed by atoms with E-state index in [0.29, 0.717) is 28.4 Å². The van der Waals surface area contributed by atoms with Crippen LogP contribution in [0.2, 0.25) is 0 Å². The third-order valence-electron chi connectivity index (χ3n) is 6.63. The van der Waals surface area contributed by atoms with Crippen molar-refractivity contribution in [3.8, 4) is 0 Å². The van der Waals surface area contributed by atoms with E-state index in [2.05, 4.69) is 11.9 Å². The highest BCUT2D eigenvalue weighted by molar-refractivity contribution is 6.34. The molecule has 190 valence electrons. The SMILES string of the molecule is C=C(NC1CCC1)C(=O)N(/C(=C(\C)Cl)c1cccc(C)c1)c1cccc(Cc2ccc(C(=N)N)cc2)c1. The van der Waals surface area contributed by atoms with E-state index in [9.17, 15) is 4.79 Å². The van der Waals surface area contributed by atoms with Crippen LogP contribution in [0.3, 0.4) is 0 Å². The fourth-order valence-corrected chi connectivity index (χ4v) is 4.65. The summed E-state index contributed by atoms with van der Waals surface area (Å²) in [6.45, 7) is 7.92. The third-order valence-corrected chi connectivity index (χ3v) is 6.81. The van der Waals surface area contributed by atoms with E-state index in [1.54, 1.807) is 4.90 Å². The van der Waals surface area contributed by atoms with Crippen molar-refractivity contribution in [2.45, 2.75) is 45.6 Å². The summed E-state index contributed by atoms with van der Waals surface area (Å²) in [5.41, 5.74) is 12.1. The molecule has 1 amide bonds. The van der Waals surface area contributed by atoms with Crippen molar-refractivity contribution in [2.75, 3.05) is 4.90 Å². The Morgan fingerprint density at radius 3 is 2.35 bits per heavy atom. The zero-order valence-electron chi connectivity index (χ0n) is 21.4. The molecule has 0 spiro atoms. The fourth-order valence-electron chi connectivity index (χ4n) is 4.46. The first-order valence-corrected chi connectivity index (χ1v) is 12.9. The molecule has 1 aliphatic carbocycles. The predicted octanol–water partition coefficient (Wildman–Crippen LogP) is 6.49. The van der Waals surface area contributed by atoms with Crippen LogP contribution in [0.25, 0.3) is 5.70 Å². The van der Waals surface area contributed by atoms with Crippen LogP contribution >= 0.6 is 11.6 Å². The summed E-state index contributed by atoms with van der Waals surface area (Å²) in [4.78, 5) is 15.6. The number of nitrogens with zero attached hydrogens (tertiary/aromatic N) is 1. The molecule has 0 unspecified atom stereocenters. The quantitative estimate of drug-likeness (QED) is 0.174. The van der Waals surface area contributed by atoms with Gasteiger partial charge in [0.25, 0.3) is 5.91 Å². The van der Waals surface area contributed by atoms with Gasteiger partial charge in [-0.3, -0.25) is 15.1 Å². The maximum atomic E-state index is 13.9. The van der Waals surface area contributed by atoms with E-state index in [0.717, 1.165) is 47.2 Å². The van der Waals surface area contributed by atoms with E-state index in [4.69, 9.17) is 22.7 Å². The minimum Gasteiger partial charge on any atom is -0.384 e. The van der Waals surface area contributed by atoms with Gasteiger partial charge in [0.15, 0.2) is 0 Å². The Morgan fingerprint density at radius 2 is 1.76 bits per heavy atom. The van der Waals surface area contributed by atoms with Crippen LogP contribution in [0.1, 0.15) is 54.0 Å². The molecule has 5 nitrogen and oxygen atoms in total. The number of amides is 1. The highest BCUT2D eigenvalue weighted by Crippen LogP contribution is 2.33. The average molecular weight is 513 g/mol. The smallest absolute Gasteiger partial charge is 0.278 e. The molecule has 4 N–H and O–H groups in total. The number of halogens is 1. The number of nitrogen functional groups attached to an aromatic ring is 1. The maximum Gasteiger partial charge on any atom is 0.278 e. The van der Waals surface area contributed by atoms with Gasteiger partial charge < -0.3 is 11.1 Å². The van der Waals surface area contributed by atoms with Crippen molar-refractivity contribution in [2.24, 2.45) is 5.73 Å². The molecule has 0 aliphatic heterocycles. The number of rotatable bonds is 9. The molecular weight excluding hydrogens is 480 g/mol. The number of allylic oxidation sites excluding steroid dienone is 1. The lowest BCUT2D eigenvalue weighted by Crippen LogP contribution is -2.41. The fraction of sp³-hybridized carbons (Fsp3) is 0.226. The molecule has 0 radical (unpaired) electrons. The number of nitrogens with one attached hydrogen (secondary N) is 2. The first kappa shape index (κ1) is 26.2. The maximum absolute atomic E-state index is 13.9. The molecule has 0 aromatic heterocycles. The van der Waals surface area contributed by atoms with Crippen LogP contribution in [0.15, 0.2) is 90.1 Å². The van der Waals surface area contributed by atoms with E-state index in [1.165, 1.54) is 0 Å². The number of nitrogens with two attached hydrogens (primary N) is 1. The van der Waals surface area contributed by atoms with Gasteiger partial charge in [-0.05, 0) is 68.9 Å². The molecule has 0 bridgehead atoms. The van der Waals surface area contributed by atoms with Crippen molar-refractivity contribution in [3.05, 3.63) is 118 Å². The van der Waals surface area contributed by atoms with Gasteiger partial charge in [0, 0.05) is 27.9 Å². The minimum absolute atomic E-state index is 0.0466. The highest BCUT2D eigenvalue weighted by atomic mass is 35.5. The first-order valence-electron chi connectivity index (χ1n) is 12.5. The lowest BCUT2D eigenvalue weighted by atomic mass is 9.93. The number of amidine groups is 1. The molecule has 4 rings (SSSR count). The molecule has 1 saturated carbocycles. The van der Waals surface area contributed by atoms with Crippen molar-refractivity contribution >= 4 is 34.7 Å². The molecule has 0 atom stereocenters. The Kier molecular flexibility index (Phi) is 8.14. The summed E-state index contributed by atoms with van der Waals surface area (Å²) in [6.07, 6.45) is 3.91. The molecule has 3 aromatic carbocycles. The molecule has 3 aromatic rings. The Morgan fingerprint density at radius 1 is 1.05 bits per heavy atom. The average Bonchev–Trinajstić information content (AvgIpc) is 2.84. The van der Waals surface area contributed by atoms with Crippen LogP contribution in [0.5, 0.6) is 0 Å². The van der Waals surface area contributed by atoms with Gasteiger partial charge in [0.1, 0.15) is 5.84 Å². The summed E-state index contributed by atoms with van der Waals surface area (Å²) < 4.78 is 0. The Labute approximate surface area is 224 Å². The zero-order chi connectivity index (χ0) is 26.5. The summed E-state index contributed by atoms with van der Waals surface area (Å²) >= 11 is 6.69. The summed E-state index contributed by atoms with van der Waals surface area (Å²) in [5.74, 6) is -0.184. The molecular formula is C31H33ClN4O. The van der Waals surface area contributed by atoms with Crippen molar-refractivity contribution in [1.82, 2.24) is 5.32 Å². The highest BCUT2D eigenvalue weighted by Gasteiger charge is 2.28. The van der Waals surface area contributed by atoms with Crippen LogP contribution in [0.4, 0.5) is 5.69 Å². The van der Waals surface area contributed by atoms with Crippen LogP contribution in [-0.2, 0) is 11.2 Å². The molecule has 1 fully saturated rings. The van der Waals surface area contributed by atoms with Crippen molar-refractivity contribution in [3.63, 3.8) is 0 Å². The van der Waals surface area contributed by atoms with Gasteiger partial charge in [-0.2, -0.15) is 0 Å². The second kappa shape index (κ2) is 11.5. The number of aryl methyl sites for hydroxylation is 1. The van der Waals surface area contributed by atoms with Gasteiger partial charge in [0.05, 0.1) is 11.4 Å². The molecule has 0 heterocycles. The van der Waals surface area contributed by atoms with Gasteiger partial charge in [-0.1, -0.05) is 78.3 Å². The molecule has 1 aliphatic rings. The third kappa shape index (κ3) is 6.30. The van der Waals surface area contributed by atoms with Gasteiger partial charge in [-0.15, -0.1) is 0 Å². The van der Waals surface area contributed by atoms with Crippen LogP contribution in [-0.4, -0.2) is 17.8 Å². The zero-order valence-corrected chi connectivity index (χ0v) is 22.1. The molecule has 6 heteroatoms. The van der Waals surface area contributed by atoms with Crippen molar-refractivity contribution < 1.29 is 4.79 Å². The van der Waals surface area contributed by atoms with Gasteiger partial charge >= 0.3 is 0 Å². The Balaban J connectivity index is 1.72. The molecule has 37 heavy (non-hydrogen) atoms. The summed E-state index contributed by atoms with van der Waals surface area (Å²) in [6, 6.07) is 23.8. The number of carbonyl (C=O) groups is 1. The summed E-state index contributed by atoms with van der Waals surface area (Å²) in [5, 5.41) is 11.4. The minimum atomic E-state index is -0.230. The van der Waals surface area contributed by atoms with E-state index < -0.39 is 0 Å². The number of benzene rings is 3. The lowest BCUT2D eigenvalue weighted by Gasteiger charge is -2.32. The number of anilines is 1. The Hall–Kier alpha value is -3.83. The van der Waals surface area contributed by atoms with Crippen LogP contribution in [0, 0.1) is 12.3 Å². The number of carbonyl (C=O) groups excluding carboxylic acids is 1. The largest absolute Gasteiger partial charge is 0.384 e. The normalized spacial score (nSPS) is 13.8. The van der Waals surface area contributed by atoms with Gasteiger partial charge in [-0.25, -0.2) is 0 Å². The monoisotopic (exact) mass is 512 g/mol. The second-order valence-electron chi connectivity index (χ2n) is 9.60. The van der Waals surface area contributed by atoms with E-state index in [-0.39, 0.29) is 17.8 Å².